The number of hydrogen-bond donors (Lipinski definition) is 0. The Kier molecular flexibility index (Phi) is 5.11. The van der Waals surface area contributed by atoms with E-state index in [1.807, 2.05) is 6.07 Å². The lowest BCUT2D eigenvalue weighted by Gasteiger charge is -2.20. The summed E-state index contributed by atoms with van der Waals surface area (Å²) < 4.78 is 11.4. The van der Waals surface area contributed by atoms with E-state index in [9.17, 15) is 0 Å². The van der Waals surface area contributed by atoms with Crippen molar-refractivity contribution >= 4 is 88.2 Å². The van der Waals surface area contributed by atoms with Gasteiger partial charge in [0.25, 0.3) is 0 Å². The van der Waals surface area contributed by atoms with Crippen LogP contribution in [0.15, 0.2) is 160 Å². The second kappa shape index (κ2) is 9.62. The number of fused-ring (bicyclic) bond motifs is 13. The fourth-order valence-corrected chi connectivity index (χ4v) is 9.39. The van der Waals surface area contributed by atoms with Crippen LogP contribution in [-0.2, 0) is 0 Å². The van der Waals surface area contributed by atoms with Gasteiger partial charge in [-0.2, -0.15) is 0 Å². The maximum absolute atomic E-state index is 6.80. The quantitative estimate of drug-likeness (QED) is 0.186. The first-order chi connectivity index (χ1) is 24.8. The molecule has 7 aromatic carbocycles. The van der Waals surface area contributed by atoms with E-state index in [2.05, 4.69) is 149 Å². The number of aromatic nitrogens is 4. The Morgan fingerprint density at radius 3 is 2.10 bits per heavy atom. The molecule has 0 aliphatic carbocycles. The van der Waals surface area contributed by atoms with Crippen LogP contribution in [0.4, 0.5) is 0 Å². The number of benzene rings is 7. The van der Waals surface area contributed by atoms with Gasteiger partial charge in [0.05, 0.1) is 38.7 Å². The predicted molar refractivity (Wildman–Crippen MR) is 205 cm³/mol. The number of furan rings is 1. The van der Waals surface area contributed by atoms with Crippen molar-refractivity contribution in [1.29, 1.82) is 0 Å². The average Bonchev–Trinajstić information content (AvgIpc) is 3.83. The molecular weight excluding hydrogens is 633 g/mol. The molecule has 0 amide bonds. The molecule has 6 heteroatoms. The fraction of sp³-hybridized carbons (Fsp3) is 0. The minimum Gasteiger partial charge on any atom is -0.455 e. The number of rotatable bonds is 2. The van der Waals surface area contributed by atoms with Crippen molar-refractivity contribution < 1.29 is 4.42 Å². The summed E-state index contributed by atoms with van der Waals surface area (Å²) in [6, 6.07) is 51.5. The molecule has 0 atom stereocenters. The van der Waals surface area contributed by atoms with E-state index in [1.165, 1.54) is 20.6 Å². The second-order valence-electron chi connectivity index (χ2n) is 12.9. The zero-order valence-corrected chi connectivity index (χ0v) is 27.3. The van der Waals surface area contributed by atoms with Crippen molar-refractivity contribution in [2.24, 2.45) is 0 Å². The summed E-state index contributed by atoms with van der Waals surface area (Å²) in [4.78, 5) is 13.1. The highest BCUT2D eigenvalue weighted by Gasteiger charge is 2.27. The van der Waals surface area contributed by atoms with Gasteiger partial charge >= 0.3 is 0 Å². The van der Waals surface area contributed by atoms with E-state index in [0.717, 1.165) is 82.6 Å². The molecular formula is C44H24N4OS. The molecule has 0 fully saturated rings. The van der Waals surface area contributed by atoms with E-state index < -0.39 is 0 Å². The van der Waals surface area contributed by atoms with Gasteiger partial charge in [-0.15, -0.1) is 0 Å². The second-order valence-corrected chi connectivity index (χ2v) is 14.0. The molecule has 12 rings (SSSR count). The van der Waals surface area contributed by atoms with Gasteiger partial charge in [-0.25, -0.2) is 9.97 Å². The Morgan fingerprint density at radius 1 is 0.460 bits per heavy atom. The molecule has 11 aromatic rings. The molecule has 0 unspecified atom stereocenters. The summed E-state index contributed by atoms with van der Waals surface area (Å²) in [6.07, 6.45) is 0. The van der Waals surface area contributed by atoms with Crippen molar-refractivity contribution in [3.05, 3.63) is 146 Å². The summed E-state index contributed by atoms with van der Waals surface area (Å²) in [5.41, 5.74) is 10.3. The molecule has 50 heavy (non-hydrogen) atoms. The molecule has 5 nitrogen and oxygen atoms in total. The highest BCUT2D eigenvalue weighted by Crippen LogP contribution is 2.49. The first-order valence-corrected chi connectivity index (χ1v) is 17.6. The van der Waals surface area contributed by atoms with Crippen molar-refractivity contribution in [2.75, 3.05) is 0 Å². The van der Waals surface area contributed by atoms with Crippen LogP contribution in [0.5, 0.6) is 0 Å². The van der Waals surface area contributed by atoms with E-state index in [1.54, 1.807) is 11.8 Å². The molecule has 0 saturated heterocycles. The molecule has 0 bridgehead atoms. The first kappa shape index (κ1) is 26.6. The van der Waals surface area contributed by atoms with Gasteiger partial charge in [0.15, 0.2) is 0 Å². The van der Waals surface area contributed by atoms with E-state index in [-0.39, 0.29) is 0 Å². The molecule has 0 saturated carbocycles. The predicted octanol–water partition coefficient (Wildman–Crippen LogP) is 11.9. The number of nitrogens with zero attached hydrogens (tertiary/aromatic N) is 4. The van der Waals surface area contributed by atoms with Gasteiger partial charge in [0, 0.05) is 53.4 Å². The topological polar surface area (TPSA) is 48.8 Å². The molecule has 1 aliphatic heterocycles. The third-order valence-electron chi connectivity index (χ3n) is 10.3. The minimum atomic E-state index is 0.646. The van der Waals surface area contributed by atoms with Crippen LogP contribution in [-0.4, -0.2) is 19.1 Å². The van der Waals surface area contributed by atoms with Gasteiger partial charge in [-0.3, -0.25) is 4.57 Å². The Balaban J connectivity index is 1.30. The molecule has 232 valence electrons. The monoisotopic (exact) mass is 656 g/mol. The van der Waals surface area contributed by atoms with E-state index >= 15 is 0 Å². The zero-order valence-electron chi connectivity index (χ0n) is 26.5. The largest absolute Gasteiger partial charge is 0.455 e. The van der Waals surface area contributed by atoms with Crippen molar-refractivity contribution in [3.8, 4) is 22.9 Å². The van der Waals surface area contributed by atoms with E-state index in [0.29, 0.717) is 5.95 Å². The van der Waals surface area contributed by atoms with Gasteiger partial charge in [0.1, 0.15) is 11.2 Å². The van der Waals surface area contributed by atoms with Crippen LogP contribution >= 0.6 is 11.8 Å². The van der Waals surface area contributed by atoms with Crippen molar-refractivity contribution in [3.63, 3.8) is 0 Å². The number of hydrogen-bond acceptors (Lipinski definition) is 4. The van der Waals surface area contributed by atoms with Gasteiger partial charge < -0.3 is 8.98 Å². The Hall–Kier alpha value is -6.37. The molecule has 0 spiro atoms. The lowest BCUT2D eigenvalue weighted by molar-refractivity contribution is 0.673. The summed E-state index contributed by atoms with van der Waals surface area (Å²) in [7, 11) is 0. The Bertz CT molecular complexity index is 3240. The smallest absolute Gasteiger partial charge is 0.235 e. The van der Waals surface area contributed by atoms with Gasteiger partial charge in [0.2, 0.25) is 5.95 Å². The summed E-state index contributed by atoms with van der Waals surface area (Å²) in [5.74, 6) is 0.646. The first-order valence-electron chi connectivity index (χ1n) is 16.8. The fourth-order valence-electron chi connectivity index (χ4n) is 8.28. The highest BCUT2D eigenvalue weighted by molar-refractivity contribution is 7.99. The van der Waals surface area contributed by atoms with Gasteiger partial charge in [-0.05, 0) is 66.7 Å². The summed E-state index contributed by atoms with van der Waals surface area (Å²) >= 11 is 1.79. The lowest BCUT2D eigenvalue weighted by atomic mass is 10.0. The highest BCUT2D eigenvalue weighted by atomic mass is 32.2. The van der Waals surface area contributed by atoms with E-state index in [4.69, 9.17) is 14.4 Å². The Morgan fingerprint density at radius 2 is 1.18 bits per heavy atom. The normalized spacial score (nSPS) is 12.7. The summed E-state index contributed by atoms with van der Waals surface area (Å²) in [6.45, 7) is 0. The van der Waals surface area contributed by atoms with Gasteiger partial charge in [-0.1, -0.05) is 90.6 Å². The molecule has 0 N–H and O–H groups in total. The van der Waals surface area contributed by atoms with Crippen LogP contribution in [0.25, 0.3) is 99.3 Å². The van der Waals surface area contributed by atoms with Crippen LogP contribution in [0, 0.1) is 0 Å². The minimum absolute atomic E-state index is 0.646. The van der Waals surface area contributed by atoms with Crippen LogP contribution in [0.1, 0.15) is 0 Å². The summed E-state index contributed by atoms with van der Waals surface area (Å²) in [5, 5.41) is 7.89. The van der Waals surface area contributed by atoms with Crippen LogP contribution < -0.4 is 0 Å². The maximum Gasteiger partial charge on any atom is 0.235 e. The molecule has 0 radical (unpaired) electrons. The number of para-hydroxylation sites is 3. The lowest BCUT2D eigenvalue weighted by Crippen LogP contribution is -2.05. The maximum atomic E-state index is 6.80. The standard InChI is InChI=1S/C44H24N4OS/c1-2-11-25(12-3-1)47-31-17-7-4-14-28(31)38-32(47)23-24-33-40(38)41-34(22-21-27-26-13-5-8-18-35(26)49-43(27)41)48(33)44-45-30-16-10-20-37-39(30)42(46-44)29-15-6-9-19-36(29)50-37/h1-24H. The SMILES string of the molecule is c1ccc(-n2c3ccccc3c3c4c5c6oc7ccccc7c6ccc5n(-c5nc6c7c(cccc7n5)Sc5ccccc5-6)c4ccc32)cc1. The zero-order chi connectivity index (χ0) is 32.5. The molecule has 1 aliphatic rings. The molecule has 4 aromatic heterocycles. The Labute approximate surface area is 289 Å². The third kappa shape index (κ3) is 3.38. The average molecular weight is 657 g/mol. The van der Waals surface area contributed by atoms with Crippen molar-refractivity contribution in [1.82, 2.24) is 19.1 Å². The van der Waals surface area contributed by atoms with Crippen LogP contribution in [0.2, 0.25) is 0 Å². The third-order valence-corrected chi connectivity index (χ3v) is 11.5. The van der Waals surface area contributed by atoms with Crippen molar-refractivity contribution in [2.45, 2.75) is 9.79 Å². The van der Waals surface area contributed by atoms with Crippen LogP contribution in [0.3, 0.4) is 0 Å². The molecule has 5 heterocycles.